The molecule has 120 valence electrons. The zero-order chi connectivity index (χ0) is 16.6. The molecule has 2 aliphatic rings. The van der Waals surface area contributed by atoms with Crippen LogP contribution < -0.4 is 15.8 Å². The minimum atomic E-state index is -0.194. The van der Waals surface area contributed by atoms with E-state index in [0.29, 0.717) is 21.7 Å². The van der Waals surface area contributed by atoms with Crippen LogP contribution in [0.4, 0.5) is 5.69 Å². The second-order valence-electron chi connectivity index (χ2n) is 6.03. The first-order valence-electron chi connectivity index (χ1n) is 8.17. The van der Waals surface area contributed by atoms with E-state index in [9.17, 15) is 4.79 Å². The number of nitrogens with two attached hydrogens (primary N) is 1. The fourth-order valence-corrected chi connectivity index (χ4v) is 3.99. The molecule has 2 fully saturated rings. The van der Waals surface area contributed by atoms with Gasteiger partial charge in [-0.1, -0.05) is 0 Å². The number of hydrogen-bond acceptors (Lipinski definition) is 4. The van der Waals surface area contributed by atoms with Crippen LogP contribution in [0.25, 0.3) is 0 Å². The number of carbonyl (C=O) groups excluding carboxylic acids is 1. The molecule has 2 saturated heterocycles. The number of rotatable bonds is 3. The molecule has 0 spiro atoms. The lowest BCUT2D eigenvalue weighted by atomic mass is 9.85. The minimum Gasteiger partial charge on any atom is -0.495 e. The highest BCUT2D eigenvalue weighted by atomic mass is 79.9. The molecule has 3 N–H and O–H groups in total. The molecular formula is C16H22BrN3O2. The van der Waals surface area contributed by atoms with Gasteiger partial charge < -0.3 is 20.7 Å². The maximum atomic E-state index is 12.7. The number of nitrogen functional groups attached to an aromatic ring is 1. The van der Waals surface area contributed by atoms with Crippen LogP contribution in [0.15, 0.2) is 16.6 Å². The molecule has 0 saturated carbocycles. The number of fused-ring (bicyclic) bond motifs is 2. The normalized spacial score (nSPS) is 27.9. The number of nitrogens with zero attached hydrogens (tertiary/aromatic N) is 1. The van der Waals surface area contributed by atoms with Crippen LogP contribution in [0.2, 0.25) is 0 Å². The van der Waals surface area contributed by atoms with Crippen molar-refractivity contribution in [1.29, 1.82) is 0 Å². The summed E-state index contributed by atoms with van der Waals surface area (Å²) >= 11 is 3.32. The van der Waals surface area contributed by atoms with Gasteiger partial charge in [-0.2, -0.15) is 0 Å². The fourth-order valence-electron chi connectivity index (χ4n) is 3.50. The van der Waals surface area contributed by atoms with Crippen molar-refractivity contribution in [1.82, 2.24) is 10.2 Å². The molecule has 3 rings (SSSR count). The first-order chi connectivity index (χ1) is 11.0. The lowest BCUT2D eigenvalue weighted by Gasteiger charge is -2.42. The topological polar surface area (TPSA) is 67.6 Å². The van der Waals surface area contributed by atoms with E-state index in [-0.39, 0.29) is 23.7 Å². The smallest absolute Gasteiger partial charge is 0.255 e. The number of methoxy groups -OCH3 is 1. The van der Waals surface area contributed by atoms with Gasteiger partial charge in [0.25, 0.3) is 5.91 Å². The Morgan fingerprint density at radius 1 is 1.55 bits per heavy atom. The molecule has 5 nitrogen and oxygen atoms in total. The van der Waals surface area contributed by atoms with Crippen LogP contribution in [0.5, 0.6) is 5.75 Å². The van der Waals surface area contributed by atoms with Gasteiger partial charge in [0.1, 0.15) is 5.75 Å². The average molecular weight is 370 g/mol. The lowest BCUT2D eigenvalue weighted by Crippen LogP contribution is -2.53. The summed E-state index contributed by atoms with van der Waals surface area (Å²) in [6.07, 6.45) is 3.33. The van der Waals surface area contributed by atoms with Crippen molar-refractivity contribution in [2.45, 2.75) is 25.3 Å². The van der Waals surface area contributed by atoms with Gasteiger partial charge in [-0.05, 0) is 59.8 Å². The summed E-state index contributed by atoms with van der Waals surface area (Å²) in [7, 11) is 1.50. The van der Waals surface area contributed by atoms with Gasteiger partial charge in [0, 0.05) is 24.8 Å². The standard InChI is InChI=1S/C16H22BrN3O2/c1-22-15-11(4-5-12(18)14(15)17)16(21)19-13-6-8-20-7-2-3-10(13)9-20/h4-5,10,13H,2-3,6-9,18H2,1H3,(H,19,21)/t10-,13+/m1/s1/i5T. The van der Waals surface area contributed by atoms with Crippen LogP contribution in [0.1, 0.15) is 31.0 Å². The number of nitrogens with one attached hydrogen (secondary N) is 1. The number of piperidine rings is 2. The second-order valence-corrected chi connectivity index (χ2v) is 6.83. The highest BCUT2D eigenvalue weighted by Gasteiger charge is 2.33. The number of benzene rings is 1. The Balaban J connectivity index is 1.81. The summed E-state index contributed by atoms with van der Waals surface area (Å²) in [6.45, 7) is 3.28. The number of carbonyl (C=O) groups is 1. The van der Waals surface area contributed by atoms with Gasteiger partial charge in [0.2, 0.25) is 0 Å². The zero-order valence-electron chi connectivity index (χ0n) is 13.7. The van der Waals surface area contributed by atoms with E-state index in [4.69, 9.17) is 11.8 Å². The van der Waals surface area contributed by atoms with Gasteiger partial charge in [-0.15, -0.1) is 0 Å². The van der Waals surface area contributed by atoms with Crippen LogP contribution in [0, 0.1) is 5.92 Å². The van der Waals surface area contributed by atoms with Crippen molar-refractivity contribution in [3.8, 4) is 5.75 Å². The summed E-state index contributed by atoms with van der Waals surface area (Å²) in [4.78, 5) is 15.2. The molecule has 1 aromatic carbocycles. The molecule has 1 aromatic rings. The minimum absolute atomic E-state index is 0.121. The Labute approximate surface area is 140 Å². The Morgan fingerprint density at radius 3 is 3.14 bits per heavy atom. The maximum absolute atomic E-state index is 12.7. The predicted octanol–water partition coefficient (Wildman–Crippen LogP) is 2.25. The molecule has 2 aliphatic heterocycles. The van der Waals surface area contributed by atoms with Gasteiger partial charge in [-0.3, -0.25) is 4.79 Å². The van der Waals surface area contributed by atoms with E-state index in [1.165, 1.54) is 26.1 Å². The summed E-state index contributed by atoms with van der Waals surface area (Å²) in [6, 6.07) is 1.79. The van der Waals surface area contributed by atoms with Crippen molar-refractivity contribution in [3.05, 3.63) is 22.1 Å². The Hall–Kier alpha value is -1.27. The molecule has 22 heavy (non-hydrogen) atoms. The number of halogens is 1. The number of hydrogen-bond donors (Lipinski definition) is 2. The van der Waals surface area contributed by atoms with Crippen LogP contribution in [0.3, 0.4) is 0 Å². The third-order valence-corrected chi connectivity index (χ3v) is 5.47. The predicted molar refractivity (Wildman–Crippen MR) is 90.1 cm³/mol. The molecule has 0 radical (unpaired) electrons. The molecule has 6 heteroatoms. The molecule has 0 aromatic heterocycles. The second kappa shape index (κ2) is 6.46. The Morgan fingerprint density at radius 2 is 2.36 bits per heavy atom. The highest BCUT2D eigenvalue weighted by molar-refractivity contribution is 9.10. The van der Waals surface area contributed by atoms with Crippen LogP contribution in [-0.4, -0.2) is 43.6 Å². The van der Waals surface area contributed by atoms with Crippen LogP contribution >= 0.6 is 15.9 Å². The third-order valence-electron chi connectivity index (χ3n) is 4.69. The largest absolute Gasteiger partial charge is 0.495 e. The van der Waals surface area contributed by atoms with Crippen molar-refractivity contribution >= 4 is 27.5 Å². The number of ether oxygens (including phenoxy) is 1. The quantitative estimate of drug-likeness (QED) is 0.801. The summed E-state index contributed by atoms with van der Waals surface area (Å²) in [5, 5.41) is 3.15. The number of amides is 1. The molecule has 3 atom stereocenters. The van der Waals surface area contributed by atoms with Crippen molar-refractivity contribution in [2.24, 2.45) is 5.92 Å². The summed E-state index contributed by atoms with van der Waals surface area (Å²) in [5.74, 6) is 0.706. The fraction of sp³-hybridized carbons (Fsp3) is 0.562. The zero-order valence-corrected chi connectivity index (χ0v) is 14.3. The van der Waals surface area contributed by atoms with Gasteiger partial charge in [-0.25, -0.2) is 0 Å². The maximum Gasteiger partial charge on any atom is 0.255 e. The first-order valence-corrected chi connectivity index (χ1v) is 8.46. The van der Waals surface area contributed by atoms with Gasteiger partial charge in [0.05, 0.1) is 18.5 Å². The average Bonchev–Trinajstić information content (AvgIpc) is 2.55. The molecule has 1 amide bonds. The van der Waals surface area contributed by atoms with E-state index >= 15 is 0 Å². The summed E-state index contributed by atoms with van der Waals surface area (Å²) in [5.41, 5.74) is 6.46. The van der Waals surface area contributed by atoms with Crippen molar-refractivity contribution in [2.75, 3.05) is 32.5 Å². The molecule has 2 bridgehead atoms. The van der Waals surface area contributed by atoms with E-state index in [1.807, 2.05) is 0 Å². The molecule has 0 aliphatic carbocycles. The summed E-state index contributed by atoms with van der Waals surface area (Å²) < 4.78 is 13.7. The molecular weight excluding hydrogens is 346 g/mol. The van der Waals surface area contributed by atoms with Crippen LogP contribution in [-0.2, 0) is 0 Å². The third kappa shape index (κ3) is 2.94. The highest BCUT2D eigenvalue weighted by Crippen LogP contribution is 2.34. The first kappa shape index (κ1) is 14.3. The van der Waals surface area contributed by atoms with E-state index in [0.717, 1.165) is 25.9 Å². The van der Waals surface area contributed by atoms with E-state index in [2.05, 4.69) is 26.1 Å². The monoisotopic (exact) mass is 369 g/mol. The molecule has 1 unspecified atom stereocenters. The van der Waals surface area contributed by atoms with Crippen molar-refractivity contribution < 1.29 is 10.9 Å². The van der Waals surface area contributed by atoms with Gasteiger partial charge >= 0.3 is 0 Å². The number of anilines is 1. The lowest BCUT2D eigenvalue weighted by molar-refractivity contribution is 0.0737. The Bertz CT molecular complexity index is 626. The Kier molecular flexibility index (Phi) is 4.21. The SMILES string of the molecule is [3H]c1cc(C(=O)N[C@H]2CCN3CCC[C@@H]2C3)c(OC)c(Br)c1N. The van der Waals surface area contributed by atoms with Gasteiger partial charge in [0.15, 0.2) is 0 Å². The van der Waals surface area contributed by atoms with Crippen molar-refractivity contribution in [3.63, 3.8) is 0 Å². The molecule has 2 heterocycles. The van der Waals surface area contributed by atoms with E-state index in [1.54, 1.807) is 0 Å². The van der Waals surface area contributed by atoms with E-state index < -0.39 is 0 Å².